The predicted molar refractivity (Wildman–Crippen MR) is 142 cm³/mol. The molecule has 36 heavy (non-hydrogen) atoms. The van der Waals surface area contributed by atoms with Crippen molar-refractivity contribution in [3.05, 3.63) is 71.6 Å². The molecule has 1 amide bonds. The number of hydrogen-bond acceptors (Lipinski definition) is 6. The van der Waals surface area contributed by atoms with Gasteiger partial charge in [-0.2, -0.15) is 8.42 Å². The van der Waals surface area contributed by atoms with E-state index in [0.717, 1.165) is 34.1 Å². The predicted octanol–water partition coefficient (Wildman–Crippen LogP) is 4.52. The van der Waals surface area contributed by atoms with Crippen molar-refractivity contribution in [3.8, 4) is 22.5 Å². The van der Waals surface area contributed by atoms with E-state index >= 15 is 0 Å². The maximum absolute atomic E-state index is 13.4. The third-order valence-electron chi connectivity index (χ3n) is 5.89. The fourth-order valence-corrected chi connectivity index (χ4v) is 4.72. The maximum atomic E-state index is 13.4. The number of carbonyl (C=O) groups is 1. The van der Waals surface area contributed by atoms with Gasteiger partial charge < -0.3 is 14.6 Å². The average Bonchev–Trinajstić information content (AvgIpc) is 2.85. The lowest BCUT2D eigenvalue weighted by molar-refractivity contribution is 0.0804. The van der Waals surface area contributed by atoms with Gasteiger partial charge in [-0.3, -0.25) is 14.3 Å². The Morgan fingerprint density at radius 1 is 1.06 bits per heavy atom. The van der Waals surface area contributed by atoms with E-state index in [4.69, 9.17) is 8.97 Å². The van der Waals surface area contributed by atoms with E-state index in [1.807, 2.05) is 62.4 Å². The van der Waals surface area contributed by atoms with Gasteiger partial charge in [0.25, 0.3) is 16.0 Å². The monoisotopic (exact) mass is 507 g/mol. The second kappa shape index (κ2) is 10.5. The molecular formula is C27H29N3O5S. The van der Waals surface area contributed by atoms with Crippen LogP contribution in [-0.2, 0) is 10.1 Å². The third-order valence-corrected chi connectivity index (χ3v) is 6.58. The lowest BCUT2D eigenvalue weighted by Gasteiger charge is -2.21. The van der Waals surface area contributed by atoms with Gasteiger partial charge in [-0.05, 0) is 49.7 Å². The summed E-state index contributed by atoms with van der Waals surface area (Å²) < 4.78 is 37.9. The molecule has 1 aliphatic heterocycles. The molecule has 0 atom stereocenters. The van der Waals surface area contributed by atoms with Gasteiger partial charge in [-0.25, -0.2) is 0 Å². The number of anilines is 1. The fourth-order valence-electron chi connectivity index (χ4n) is 4.21. The number of amides is 1. The van der Waals surface area contributed by atoms with Gasteiger partial charge in [0, 0.05) is 66.6 Å². The third kappa shape index (κ3) is 5.42. The van der Waals surface area contributed by atoms with Crippen molar-refractivity contribution in [2.75, 3.05) is 37.8 Å². The molecule has 0 bridgehead atoms. The van der Waals surface area contributed by atoms with Crippen LogP contribution in [0.4, 0.5) is 5.69 Å². The molecule has 2 N–H and O–H groups in total. The molecule has 9 heteroatoms. The summed E-state index contributed by atoms with van der Waals surface area (Å²) in [6, 6.07) is 18.9. The summed E-state index contributed by atoms with van der Waals surface area (Å²) in [6.07, 6.45) is 0. The van der Waals surface area contributed by atoms with Gasteiger partial charge in [-0.15, -0.1) is 0 Å². The van der Waals surface area contributed by atoms with Crippen LogP contribution >= 0.6 is 0 Å². The number of carbonyl (C=O) groups excluding carboxylic acids is 1. The Morgan fingerprint density at radius 3 is 2.56 bits per heavy atom. The Bertz CT molecular complexity index is 1560. The van der Waals surface area contributed by atoms with Gasteiger partial charge in [0.15, 0.2) is 0 Å². The standard InChI is InChI=1S/C27H29N3O5S/c1-4-28-18-10-12-22-24(16-18)35-25-17-19(29-5-2)11-13-23(25)26(22)20-8-6-7-9-21(20)27(31)30(3)14-15-36(32,33)34/h6-13,16-17,28H,4-5,14-15H2,1-3H3,(H,32,33,34)/b29-19+. The number of fused-ring (bicyclic) bond motifs is 2. The van der Waals surface area contributed by atoms with Crippen LogP contribution in [-0.4, -0.2) is 56.2 Å². The maximum Gasteiger partial charge on any atom is 0.266 e. The van der Waals surface area contributed by atoms with Gasteiger partial charge in [0.2, 0.25) is 0 Å². The van der Waals surface area contributed by atoms with Crippen LogP contribution in [0.25, 0.3) is 33.4 Å². The summed E-state index contributed by atoms with van der Waals surface area (Å²) in [5.74, 6) is -0.245. The minimum atomic E-state index is -4.19. The van der Waals surface area contributed by atoms with Gasteiger partial charge in [0.05, 0.1) is 11.1 Å². The average molecular weight is 508 g/mol. The molecule has 0 spiro atoms. The van der Waals surface area contributed by atoms with E-state index in [-0.39, 0.29) is 12.5 Å². The highest BCUT2D eigenvalue weighted by atomic mass is 32.2. The summed E-state index contributed by atoms with van der Waals surface area (Å²) in [6.45, 7) is 5.26. The number of hydrogen-bond donors (Lipinski definition) is 2. The lowest BCUT2D eigenvalue weighted by Crippen LogP contribution is -2.31. The van der Waals surface area contributed by atoms with Gasteiger partial charge >= 0.3 is 0 Å². The summed E-state index contributed by atoms with van der Waals surface area (Å²) in [4.78, 5) is 19.2. The lowest BCUT2D eigenvalue weighted by atomic mass is 9.90. The van der Waals surface area contributed by atoms with Crippen molar-refractivity contribution < 1.29 is 22.2 Å². The summed E-state index contributed by atoms with van der Waals surface area (Å²) in [5.41, 5.74) is 4.36. The molecule has 2 aliphatic rings. The highest BCUT2D eigenvalue weighted by molar-refractivity contribution is 7.85. The molecule has 2 aromatic rings. The van der Waals surface area contributed by atoms with Crippen LogP contribution in [0.1, 0.15) is 24.2 Å². The Balaban J connectivity index is 1.95. The topological polar surface area (TPSA) is 112 Å². The zero-order valence-electron chi connectivity index (χ0n) is 20.5. The minimum absolute atomic E-state index is 0.133. The Kier molecular flexibility index (Phi) is 7.42. The quantitative estimate of drug-likeness (QED) is 0.268. The highest BCUT2D eigenvalue weighted by Crippen LogP contribution is 2.41. The number of nitrogens with one attached hydrogen (secondary N) is 1. The molecule has 0 unspecified atom stereocenters. The second-order valence-corrected chi connectivity index (χ2v) is 10.0. The van der Waals surface area contributed by atoms with Crippen LogP contribution in [0.3, 0.4) is 0 Å². The van der Waals surface area contributed by atoms with Gasteiger partial charge in [0.1, 0.15) is 11.3 Å². The normalized spacial score (nSPS) is 12.3. The molecule has 2 aromatic carbocycles. The fraction of sp³-hybridized carbons (Fsp3) is 0.259. The zero-order chi connectivity index (χ0) is 25.9. The Morgan fingerprint density at radius 2 is 1.83 bits per heavy atom. The van der Waals surface area contributed by atoms with E-state index in [9.17, 15) is 13.2 Å². The van der Waals surface area contributed by atoms with E-state index in [2.05, 4.69) is 10.3 Å². The van der Waals surface area contributed by atoms with Crippen molar-refractivity contribution in [1.29, 1.82) is 0 Å². The summed E-state index contributed by atoms with van der Waals surface area (Å²) in [7, 11) is -2.68. The van der Waals surface area contributed by atoms with E-state index in [0.29, 0.717) is 29.0 Å². The van der Waals surface area contributed by atoms with Crippen LogP contribution in [0.2, 0.25) is 0 Å². The molecular weight excluding hydrogens is 478 g/mol. The van der Waals surface area contributed by atoms with E-state index < -0.39 is 15.9 Å². The molecule has 4 rings (SSSR count). The first kappa shape index (κ1) is 25.4. The highest BCUT2D eigenvalue weighted by Gasteiger charge is 2.23. The van der Waals surface area contributed by atoms with E-state index in [1.54, 1.807) is 12.1 Å². The first-order chi connectivity index (χ1) is 17.2. The van der Waals surface area contributed by atoms with Crippen molar-refractivity contribution in [3.63, 3.8) is 0 Å². The number of nitrogens with zero attached hydrogens (tertiary/aromatic N) is 2. The Labute approximate surface area is 210 Å². The van der Waals surface area contributed by atoms with E-state index in [1.165, 1.54) is 11.9 Å². The van der Waals surface area contributed by atoms with Gasteiger partial charge in [-0.1, -0.05) is 18.2 Å². The zero-order valence-corrected chi connectivity index (χ0v) is 21.3. The Hall–Kier alpha value is -3.69. The molecule has 0 radical (unpaired) electrons. The molecule has 188 valence electrons. The molecule has 0 fully saturated rings. The van der Waals surface area contributed by atoms with Crippen LogP contribution in [0, 0.1) is 0 Å². The number of rotatable bonds is 8. The molecule has 1 aliphatic carbocycles. The molecule has 1 heterocycles. The second-order valence-electron chi connectivity index (χ2n) is 8.43. The molecule has 0 aromatic heterocycles. The van der Waals surface area contributed by atoms with Crippen LogP contribution in [0.15, 0.2) is 70.1 Å². The smallest absolute Gasteiger partial charge is 0.266 e. The minimum Gasteiger partial charge on any atom is -0.456 e. The van der Waals surface area contributed by atoms with Crippen molar-refractivity contribution >= 4 is 32.7 Å². The molecule has 8 nitrogen and oxygen atoms in total. The van der Waals surface area contributed by atoms with Crippen molar-refractivity contribution in [1.82, 2.24) is 4.90 Å². The summed E-state index contributed by atoms with van der Waals surface area (Å²) >= 11 is 0. The van der Waals surface area contributed by atoms with Crippen molar-refractivity contribution in [2.45, 2.75) is 13.8 Å². The van der Waals surface area contributed by atoms with Crippen LogP contribution in [0.5, 0.6) is 0 Å². The SMILES string of the molecule is CC/N=c1\ccc2c(-c3ccccc3C(=O)N(C)CCS(=O)(=O)O)c3ccc(NCC)cc3oc-2c1. The number of benzene rings is 3. The largest absolute Gasteiger partial charge is 0.456 e. The molecule has 0 saturated heterocycles. The summed E-state index contributed by atoms with van der Waals surface area (Å²) in [5, 5.41) is 4.94. The first-order valence-electron chi connectivity index (χ1n) is 11.8. The van der Waals surface area contributed by atoms with Crippen LogP contribution < -0.4 is 10.7 Å². The first-order valence-corrected chi connectivity index (χ1v) is 13.4. The molecule has 0 saturated carbocycles. The van der Waals surface area contributed by atoms with Crippen molar-refractivity contribution in [2.24, 2.45) is 4.99 Å².